The number of aromatic nitrogens is 3. The summed E-state index contributed by atoms with van der Waals surface area (Å²) in [5.41, 5.74) is 7.09. The van der Waals surface area contributed by atoms with Crippen LogP contribution in [0.5, 0.6) is 0 Å². The van der Waals surface area contributed by atoms with Crippen LogP contribution in [0, 0.1) is 11.6 Å². The summed E-state index contributed by atoms with van der Waals surface area (Å²) in [6.45, 7) is 2.54. The molecule has 1 aromatic carbocycles. The molecule has 27 heavy (non-hydrogen) atoms. The number of primary amides is 1. The Morgan fingerprint density at radius 2 is 2.15 bits per heavy atom. The minimum Gasteiger partial charge on any atom is -0.365 e. The first-order chi connectivity index (χ1) is 13.0. The van der Waals surface area contributed by atoms with Crippen LogP contribution in [0.3, 0.4) is 0 Å². The molecule has 140 valence electrons. The average molecular weight is 371 g/mol. The van der Waals surface area contributed by atoms with Crippen LogP contribution in [0.25, 0.3) is 5.65 Å². The highest BCUT2D eigenvalue weighted by Gasteiger charge is 2.30. The van der Waals surface area contributed by atoms with E-state index in [1.54, 1.807) is 12.3 Å². The average Bonchev–Trinajstić information content (AvgIpc) is 3.27. The van der Waals surface area contributed by atoms with Gasteiger partial charge in [-0.25, -0.2) is 18.3 Å². The summed E-state index contributed by atoms with van der Waals surface area (Å²) in [6.07, 6.45) is 3.78. The Kier molecular flexibility index (Phi) is 4.25. The predicted octanol–water partition coefficient (Wildman–Crippen LogP) is 3.01. The van der Waals surface area contributed by atoms with Gasteiger partial charge in [-0.1, -0.05) is 6.92 Å². The van der Waals surface area contributed by atoms with Crippen LogP contribution in [-0.2, 0) is 6.42 Å². The van der Waals surface area contributed by atoms with Crippen molar-refractivity contribution in [3.05, 3.63) is 58.9 Å². The summed E-state index contributed by atoms with van der Waals surface area (Å²) >= 11 is 0. The van der Waals surface area contributed by atoms with Crippen molar-refractivity contribution in [2.75, 3.05) is 11.4 Å². The molecule has 2 aromatic heterocycles. The van der Waals surface area contributed by atoms with Crippen molar-refractivity contribution >= 4 is 17.4 Å². The van der Waals surface area contributed by atoms with Gasteiger partial charge in [-0.05, 0) is 43.5 Å². The monoisotopic (exact) mass is 371 g/mol. The van der Waals surface area contributed by atoms with Crippen molar-refractivity contribution in [3.63, 3.8) is 0 Å². The van der Waals surface area contributed by atoms with Crippen LogP contribution in [0.1, 0.15) is 47.4 Å². The maximum atomic E-state index is 14.3. The number of hydrogen-bond donors (Lipinski definition) is 1. The molecule has 1 fully saturated rings. The van der Waals surface area contributed by atoms with Gasteiger partial charge in [0.1, 0.15) is 23.0 Å². The normalized spacial score (nSPS) is 17.0. The van der Waals surface area contributed by atoms with Crippen molar-refractivity contribution in [2.24, 2.45) is 5.73 Å². The van der Waals surface area contributed by atoms with Crippen LogP contribution >= 0.6 is 0 Å². The predicted molar refractivity (Wildman–Crippen MR) is 96.6 cm³/mol. The molecule has 1 aliphatic heterocycles. The third-order valence-electron chi connectivity index (χ3n) is 4.99. The Morgan fingerprint density at radius 1 is 1.33 bits per heavy atom. The summed E-state index contributed by atoms with van der Waals surface area (Å²) in [6, 6.07) is 4.94. The van der Waals surface area contributed by atoms with Gasteiger partial charge in [-0.15, -0.1) is 0 Å². The van der Waals surface area contributed by atoms with E-state index < -0.39 is 17.5 Å². The topological polar surface area (TPSA) is 76.5 Å². The highest BCUT2D eigenvalue weighted by atomic mass is 19.1. The maximum Gasteiger partial charge on any atom is 0.254 e. The fourth-order valence-corrected chi connectivity index (χ4v) is 3.76. The second-order valence-electron chi connectivity index (χ2n) is 6.61. The molecule has 0 saturated carbocycles. The van der Waals surface area contributed by atoms with Crippen LogP contribution < -0.4 is 10.6 Å². The number of nitrogens with zero attached hydrogens (tertiary/aromatic N) is 4. The number of amides is 1. The van der Waals surface area contributed by atoms with Gasteiger partial charge in [0.2, 0.25) is 0 Å². The number of hydrogen-bond acceptors (Lipinski definition) is 4. The van der Waals surface area contributed by atoms with E-state index >= 15 is 0 Å². The van der Waals surface area contributed by atoms with E-state index in [1.165, 1.54) is 10.6 Å². The Balaban J connectivity index is 1.80. The lowest BCUT2D eigenvalue weighted by Gasteiger charge is -2.26. The number of rotatable bonds is 4. The Bertz CT molecular complexity index is 1030. The molecule has 1 amide bonds. The lowest BCUT2D eigenvalue weighted by molar-refractivity contribution is 0.100. The fourth-order valence-electron chi connectivity index (χ4n) is 3.76. The summed E-state index contributed by atoms with van der Waals surface area (Å²) in [7, 11) is 0. The van der Waals surface area contributed by atoms with E-state index in [0.29, 0.717) is 47.7 Å². The second-order valence-corrected chi connectivity index (χ2v) is 6.61. The molecule has 1 saturated heterocycles. The smallest absolute Gasteiger partial charge is 0.254 e. The van der Waals surface area contributed by atoms with E-state index in [-0.39, 0.29) is 6.04 Å². The summed E-state index contributed by atoms with van der Waals surface area (Å²) in [5.74, 6) is -0.912. The van der Waals surface area contributed by atoms with Crippen molar-refractivity contribution < 1.29 is 13.6 Å². The van der Waals surface area contributed by atoms with Crippen LogP contribution in [0.2, 0.25) is 0 Å². The highest BCUT2D eigenvalue weighted by Crippen LogP contribution is 2.37. The lowest BCUT2D eigenvalue weighted by atomic mass is 10.0. The van der Waals surface area contributed by atoms with Gasteiger partial charge in [0.15, 0.2) is 5.65 Å². The van der Waals surface area contributed by atoms with Crippen molar-refractivity contribution in [1.29, 1.82) is 0 Å². The highest BCUT2D eigenvalue weighted by molar-refractivity contribution is 6.00. The molecule has 0 spiro atoms. The summed E-state index contributed by atoms with van der Waals surface area (Å²) < 4.78 is 29.5. The molecule has 3 aromatic rings. The fraction of sp³-hybridized carbons (Fsp3) is 0.316. The van der Waals surface area contributed by atoms with Gasteiger partial charge in [0.05, 0.1) is 11.7 Å². The van der Waals surface area contributed by atoms with Gasteiger partial charge < -0.3 is 10.6 Å². The molecule has 0 aliphatic carbocycles. The van der Waals surface area contributed by atoms with Gasteiger partial charge in [-0.3, -0.25) is 4.79 Å². The third kappa shape index (κ3) is 2.90. The number of carbonyl (C=O) groups is 1. The molecule has 4 rings (SSSR count). The molecule has 1 atom stereocenters. The summed E-state index contributed by atoms with van der Waals surface area (Å²) in [4.78, 5) is 18.4. The molecule has 2 N–H and O–H groups in total. The maximum absolute atomic E-state index is 14.3. The molecule has 8 heteroatoms. The van der Waals surface area contributed by atoms with Crippen molar-refractivity contribution in [3.8, 4) is 0 Å². The van der Waals surface area contributed by atoms with E-state index in [9.17, 15) is 13.6 Å². The molecular formula is C19H19F2N5O. The minimum atomic E-state index is -0.583. The number of aryl methyl sites for hydroxylation is 1. The largest absolute Gasteiger partial charge is 0.365 e. The van der Waals surface area contributed by atoms with E-state index in [0.717, 1.165) is 18.6 Å². The first-order valence-corrected chi connectivity index (χ1v) is 8.89. The Morgan fingerprint density at radius 3 is 2.89 bits per heavy atom. The number of halogens is 2. The molecule has 3 heterocycles. The van der Waals surface area contributed by atoms with E-state index in [4.69, 9.17) is 5.73 Å². The number of nitrogens with two attached hydrogens (primary N) is 1. The summed E-state index contributed by atoms with van der Waals surface area (Å²) in [5, 5.41) is 4.35. The van der Waals surface area contributed by atoms with Crippen LogP contribution in [-0.4, -0.2) is 27.0 Å². The third-order valence-corrected chi connectivity index (χ3v) is 4.99. The van der Waals surface area contributed by atoms with Crippen molar-refractivity contribution in [2.45, 2.75) is 32.2 Å². The number of carbonyl (C=O) groups excluding carboxylic acids is 1. The van der Waals surface area contributed by atoms with E-state index in [2.05, 4.69) is 10.1 Å². The first kappa shape index (κ1) is 17.4. The standard InChI is InChI=1S/C19H19F2N5O/c1-2-14-17(18(22)27)19-23-16(7-9-26(19)24-14)25-8-3-4-15(25)12-10-11(20)5-6-13(12)21/h5-7,9-10,15H,2-4,8H2,1H3,(H2,22,27)/t15-/m1/s1. The lowest BCUT2D eigenvalue weighted by Crippen LogP contribution is -2.25. The SMILES string of the molecule is CCc1nn2ccc(N3CCC[C@@H]3c3cc(F)ccc3F)nc2c1C(N)=O. The number of benzene rings is 1. The van der Waals surface area contributed by atoms with Gasteiger partial charge in [0, 0.05) is 18.3 Å². The molecule has 0 bridgehead atoms. The quantitative estimate of drug-likeness (QED) is 0.765. The first-order valence-electron chi connectivity index (χ1n) is 8.89. The molecule has 6 nitrogen and oxygen atoms in total. The second kappa shape index (κ2) is 6.61. The van der Waals surface area contributed by atoms with E-state index in [1.807, 2.05) is 11.8 Å². The van der Waals surface area contributed by atoms with Gasteiger partial charge in [-0.2, -0.15) is 5.10 Å². The zero-order valence-corrected chi connectivity index (χ0v) is 14.8. The minimum absolute atomic E-state index is 0.298. The van der Waals surface area contributed by atoms with Crippen LogP contribution in [0.15, 0.2) is 30.5 Å². The number of anilines is 1. The molecule has 0 radical (unpaired) electrons. The van der Waals surface area contributed by atoms with Crippen LogP contribution in [0.4, 0.5) is 14.6 Å². The Labute approximate surface area is 154 Å². The Hall–Kier alpha value is -3.03. The van der Waals surface area contributed by atoms with Crippen molar-refractivity contribution in [1.82, 2.24) is 14.6 Å². The zero-order valence-electron chi connectivity index (χ0n) is 14.8. The zero-order chi connectivity index (χ0) is 19.1. The molecular weight excluding hydrogens is 352 g/mol. The number of fused-ring (bicyclic) bond motifs is 1. The van der Waals surface area contributed by atoms with Gasteiger partial charge in [0.25, 0.3) is 5.91 Å². The van der Waals surface area contributed by atoms with Gasteiger partial charge >= 0.3 is 0 Å². The molecule has 1 aliphatic rings. The molecule has 0 unspecified atom stereocenters.